The van der Waals surface area contributed by atoms with Crippen LogP contribution in [0.15, 0.2) is 84.9 Å². The van der Waals surface area contributed by atoms with Crippen LogP contribution in [0.5, 0.6) is 11.5 Å². The van der Waals surface area contributed by atoms with E-state index in [0.29, 0.717) is 29.0 Å². The molecule has 0 saturated carbocycles. The van der Waals surface area contributed by atoms with Gasteiger partial charge in [0.1, 0.15) is 11.5 Å². The van der Waals surface area contributed by atoms with Crippen LogP contribution in [0.2, 0.25) is 0 Å². The van der Waals surface area contributed by atoms with Crippen LogP contribution in [-0.2, 0) is 6.42 Å². The smallest absolute Gasteiger partial charge is 0.424 e. The predicted molar refractivity (Wildman–Crippen MR) is 140 cm³/mol. The highest BCUT2D eigenvalue weighted by atomic mass is 19.2. The third-order valence-corrected chi connectivity index (χ3v) is 6.45. The topological polar surface area (TPSA) is 111 Å². The second-order valence-electron chi connectivity index (χ2n) is 8.90. The van der Waals surface area contributed by atoms with Crippen LogP contribution < -0.4 is 14.8 Å². The average Bonchev–Trinajstić information content (AvgIpc) is 2.94. The number of nitrogens with one attached hydrogen (secondary N) is 1. The van der Waals surface area contributed by atoms with E-state index in [1.54, 1.807) is 31.4 Å². The standard InChI is InChI=1S/C29H21F2N3O6/c1-39-21-10-5-17(6-11-21)15-18-3-2-4-25-26(18)27(19-7-14-23(30)24(31)16-19)33(28(35)32-25)29(36)40-22-12-8-20(9-13-22)34(37)38/h2-14,16,27H,15H2,1H3,(H,32,35). The number of nitro groups is 1. The van der Waals surface area contributed by atoms with Gasteiger partial charge in [0.15, 0.2) is 11.6 Å². The van der Waals surface area contributed by atoms with Crippen molar-refractivity contribution in [1.29, 1.82) is 0 Å². The van der Waals surface area contributed by atoms with Gasteiger partial charge < -0.3 is 14.8 Å². The summed E-state index contributed by atoms with van der Waals surface area (Å²) < 4.78 is 38.9. The molecule has 0 saturated heterocycles. The zero-order chi connectivity index (χ0) is 28.4. The first-order valence-corrected chi connectivity index (χ1v) is 12.0. The fraction of sp³-hybridized carbons (Fsp3) is 0.103. The second-order valence-corrected chi connectivity index (χ2v) is 8.90. The lowest BCUT2D eigenvalue weighted by Crippen LogP contribution is -2.48. The maximum atomic E-state index is 14.4. The second kappa shape index (κ2) is 10.8. The first-order chi connectivity index (χ1) is 19.2. The molecule has 0 aromatic heterocycles. The molecule has 1 unspecified atom stereocenters. The summed E-state index contributed by atoms with van der Waals surface area (Å²) in [6, 6.07) is 18.4. The van der Waals surface area contributed by atoms with E-state index in [1.165, 1.54) is 18.2 Å². The third kappa shape index (κ3) is 5.17. The first kappa shape index (κ1) is 26.3. The van der Waals surface area contributed by atoms with E-state index in [9.17, 15) is 28.5 Å². The van der Waals surface area contributed by atoms with Gasteiger partial charge in [0.2, 0.25) is 0 Å². The molecule has 0 fully saturated rings. The molecule has 202 valence electrons. The van der Waals surface area contributed by atoms with E-state index >= 15 is 0 Å². The Hall–Kier alpha value is -5.32. The maximum Gasteiger partial charge on any atom is 0.424 e. The maximum absolute atomic E-state index is 14.4. The molecular weight excluding hydrogens is 524 g/mol. The normalized spacial score (nSPS) is 14.2. The summed E-state index contributed by atoms with van der Waals surface area (Å²) >= 11 is 0. The summed E-state index contributed by atoms with van der Waals surface area (Å²) in [7, 11) is 1.56. The molecule has 11 heteroatoms. The Morgan fingerprint density at radius 1 is 0.975 bits per heavy atom. The minimum Gasteiger partial charge on any atom is -0.497 e. The number of halogens is 2. The minimum absolute atomic E-state index is 0.0512. The molecule has 9 nitrogen and oxygen atoms in total. The molecule has 1 aliphatic heterocycles. The Balaban J connectivity index is 1.58. The van der Waals surface area contributed by atoms with E-state index < -0.39 is 34.7 Å². The Morgan fingerprint density at radius 2 is 1.68 bits per heavy atom. The van der Waals surface area contributed by atoms with Crippen molar-refractivity contribution < 1.29 is 32.8 Å². The van der Waals surface area contributed by atoms with Gasteiger partial charge >= 0.3 is 12.1 Å². The van der Waals surface area contributed by atoms with E-state index in [1.807, 2.05) is 18.2 Å². The van der Waals surface area contributed by atoms with Crippen LogP contribution in [0.4, 0.5) is 29.7 Å². The summed E-state index contributed by atoms with van der Waals surface area (Å²) in [6.07, 6.45) is -0.736. The number of amides is 3. The number of methoxy groups -OCH3 is 1. The predicted octanol–water partition coefficient (Wildman–Crippen LogP) is 6.61. The van der Waals surface area contributed by atoms with Crippen molar-refractivity contribution >= 4 is 23.5 Å². The van der Waals surface area contributed by atoms with Crippen LogP contribution in [0.25, 0.3) is 0 Å². The molecule has 40 heavy (non-hydrogen) atoms. The van der Waals surface area contributed by atoms with E-state index in [4.69, 9.17) is 9.47 Å². The molecule has 1 atom stereocenters. The van der Waals surface area contributed by atoms with Crippen LogP contribution in [0.3, 0.4) is 0 Å². The number of nitrogens with zero attached hydrogens (tertiary/aromatic N) is 2. The fourth-order valence-electron chi connectivity index (χ4n) is 4.56. The van der Waals surface area contributed by atoms with E-state index in [2.05, 4.69) is 5.32 Å². The number of urea groups is 1. The van der Waals surface area contributed by atoms with E-state index in [0.717, 1.165) is 34.7 Å². The van der Waals surface area contributed by atoms with Crippen molar-refractivity contribution in [3.8, 4) is 11.5 Å². The van der Waals surface area contributed by atoms with Crippen LogP contribution in [0.1, 0.15) is 28.3 Å². The number of hydrogen-bond acceptors (Lipinski definition) is 6. The van der Waals surface area contributed by atoms with Crippen molar-refractivity contribution in [2.45, 2.75) is 12.5 Å². The molecule has 4 aromatic carbocycles. The van der Waals surface area contributed by atoms with Gasteiger partial charge in [-0.25, -0.2) is 23.3 Å². The number of carbonyl (C=O) groups excluding carboxylic acids is 2. The minimum atomic E-state index is -1.18. The lowest BCUT2D eigenvalue weighted by molar-refractivity contribution is -0.384. The number of nitro benzene ring substituents is 1. The highest BCUT2D eigenvalue weighted by molar-refractivity contribution is 6.03. The molecule has 0 aliphatic carbocycles. The third-order valence-electron chi connectivity index (χ3n) is 6.45. The van der Waals surface area contributed by atoms with E-state index in [-0.39, 0.29) is 17.0 Å². The van der Waals surface area contributed by atoms with Crippen molar-refractivity contribution in [2.75, 3.05) is 12.4 Å². The van der Waals surface area contributed by atoms with Gasteiger partial charge in [-0.15, -0.1) is 0 Å². The van der Waals surface area contributed by atoms with Gasteiger partial charge in [0.25, 0.3) is 5.69 Å². The summed E-state index contributed by atoms with van der Waals surface area (Å²) in [6.45, 7) is 0. The van der Waals surface area contributed by atoms with Crippen LogP contribution in [-0.4, -0.2) is 29.1 Å². The van der Waals surface area contributed by atoms with Gasteiger partial charge in [-0.3, -0.25) is 10.1 Å². The monoisotopic (exact) mass is 545 g/mol. The number of anilines is 1. The zero-order valence-electron chi connectivity index (χ0n) is 21.0. The Morgan fingerprint density at radius 3 is 2.33 bits per heavy atom. The summed E-state index contributed by atoms with van der Waals surface area (Å²) in [5.74, 6) is -1.62. The quantitative estimate of drug-likeness (QED) is 0.216. The van der Waals surface area contributed by atoms with Gasteiger partial charge in [-0.2, -0.15) is 0 Å². The molecule has 0 radical (unpaired) electrons. The van der Waals surface area contributed by atoms with Gasteiger partial charge in [-0.05, 0) is 65.6 Å². The molecule has 4 aromatic rings. The van der Waals surface area contributed by atoms with Crippen molar-refractivity contribution in [3.05, 3.63) is 129 Å². The van der Waals surface area contributed by atoms with Crippen molar-refractivity contribution in [3.63, 3.8) is 0 Å². The molecule has 3 amide bonds. The zero-order valence-corrected chi connectivity index (χ0v) is 21.0. The number of benzene rings is 4. The van der Waals surface area contributed by atoms with Crippen molar-refractivity contribution in [2.24, 2.45) is 0 Å². The largest absolute Gasteiger partial charge is 0.497 e. The molecule has 5 rings (SSSR count). The summed E-state index contributed by atoms with van der Waals surface area (Å²) in [5, 5.41) is 13.6. The molecule has 0 spiro atoms. The Labute approximate surface area is 226 Å². The Kier molecular flexibility index (Phi) is 7.11. The fourth-order valence-corrected chi connectivity index (χ4v) is 4.56. The van der Waals surface area contributed by atoms with Gasteiger partial charge in [0, 0.05) is 23.4 Å². The molecule has 0 bridgehead atoms. The molecule has 1 N–H and O–H groups in total. The SMILES string of the molecule is COc1ccc(Cc2cccc3c2C(c2ccc(F)c(F)c2)N(C(=O)Oc2ccc([N+](=O)[O-])cc2)C(=O)N3)cc1. The highest BCUT2D eigenvalue weighted by Gasteiger charge is 2.41. The number of non-ortho nitro benzene ring substituents is 1. The highest BCUT2D eigenvalue weighted by Crippen LogP contribution is 2.41. The lowest BCUT2D eigenvalue weighted by Gasteiger charge is -2.36. The van der Waals surface area contributed by atoms with Crippen LogP contribution >= 0.6 is 0 Å². The molecule has 1 heterocycles. The van der Waals surface area contributed by atoms with Gasteiger partial charge in [-0.1, -0.05) is 30.3 Å². The average molecular weight is 545 g/mol. The number of ether oxygens (including phenoxy) is 2. The summed E-state index contributed by atoms with van der Waals surface area (Å²) in [5.41, 5.74) is 2.42. The Bertz CT molecular complexity index is 1610. The lowest BCUT2D eigenvalue weighted by atomic mass is 9.87. The first-order valence-electron chi connectivity index (χ1n) is 12.0. The number of carbonyl (C=O) groups is 2. The molecule has 1 aliphatic rings. The van der Waals surface area contributed by atoms with Gasteiger partial charge in [0.05, 0.1) is 18.1 Å². The molecular formula is C29H21F2N3O6. The number of hydrogen-bond donors (Lipinski definition) is 1. The number of rotatable bonds is 6. The van der Waals surface area contributed by atoms with Crippen molar-refractivity contribution in [1.82, 2.24) is 4.90 Å². The number of imide groups is 1. The summed E-state index contributed by atoms with van der Waals surface area (Å²) in [4.78, 5) is 37.8. The van der Waals surface area contributed by atoms with Crippen LogP contribution in [0, 0.1) is 21.7 Å². The number of fused-ring (bicyclic) bond motifs is 1.